The van der Waals surface area contributed by atoms with Gasteiger partial charge in [0.15, 0.2) is 0 Å². The van der Waals surface area contributed by atoms with Crippen LogP contribution in [0.2, 0.25) is 0 Å². The number of hydrogen-bond donors (Lipinski definition) is 2. The summed E-state index contributed by atoms with van der Waals surface area (Å²) in [5, 5.41) is 0. The van der Waals surface area contributed by atoms with Crippen LogP contribution in [0.5, 0.6) is 5.75 Å². The SMILES string of the molecule is COc1ccccc1C(Cc1ccc(I)cc1)NN. The van der Waals surface area contributed by atoms with Crippen molar-refractivity contribution in [2.45, 2.75) is 12.5 Å². The third-order valence-corrected chi connectivity index (χ3v) is 3.79. The fourth-order valence-electron chi connectivity index (χ4n) is 2.07. The van der Waals surface area contributed by atoms with Gasteiger partial charge in [0.25, 0.3) is 0 Å². The molecule has 0 heterocycles. The lowest BCUT2D eigenvalue weighted by Gasteiger charge is -2.19. The first-order chi connectivity index (χ1) is 9.24. The molecule has 0 aliphatic carbocycles. The Morgan fingerprint density at radius 3 is 2.47 bits per heavy atom. The zero-order chi connectivity index (χ0) is 13.7. The Morgan fingerprint density at radius 2 is 1.84 bits per heavy atom. The zero-order valence-corrected chi connectivity index (χ0v) is 12.9. The molecule has 19 heavy (non-hydrogen) atoms. The minimum absolute atomic E-state index is 0.0382. The zero-order valence-electron chi connectivity index (χ0n) is 10.8. The summed E-state index contributed by atoms with van der Waals surface area (Å²) in [6.07, 6.45) is 0.827. The number of halogens is 1. The second kappa shape index (κ2) is 6.88. The lowest BCUT2D eigenvalue weighted by molar-refractivity contribution is 0.399. The van der Waals surface area contributed by atoms with E-state index in [1.807, 2.05) is 24.3 Å². The van der Waals surface area contributed by atoms with Gasteiger partial charge in [-0.1, -0.05) is 30.3 Å². The molecule has 0 saturated heterocycles. The first-order valence-corrected chi connectivity index (χ1v) is 7.16. The van der Waals surface area contributed by atoms with E-state index in [-0.39, 0.29) is 6.04 Å². The standard InChI is InChI=1S/C15H17IN2O/c1-19-15-5-3-2-4-13(15)14(18-17)10-11-6-8-12(16)9-7-11/h2-9,14,18H,10,17H2,1H3. The third-order valence-electron chi connectivity index (χ3n) is 3.07. The molecule has 100 valence electrons. The molecular formula is C15H17IN2O. The van der Waals surface area contributed by atoms with Gasteiger partial charge < -0.3 is 4.74 Å². The molecule has 0 aromatic heterocycles. The van der Waals surface area contributed by atoms with Crippen LogP contribution in [0.1, 0.15) is 17.2 Å². The van der Waals surface area contributed by atoms with Gasteiger partial charge in [-0.05, 0) is 52.8 Å². The molecule has 3 nitrogen and oxygen atoms in total. The fraction of sp³-hybridized carbons (Fsp3) is 0.200. The van der Waals surface area contributed by atoms with Gasteiger partial charge in [-0.15, -0.1) is 0 Å². The third kappa shape index (κ3) is 3.68. The average molecular weight is 368 g/mol. The number of methoxy groups -OCH3 is 1. The number of hydrogen-bond acceptors (Lipinski definition) is 3. The van der Waals surface area contributed by atoms with Gasteiger partial charge in [-0.2, -0.15) is 0 Å². The molecule has 3 N–H and O–H groups in total. The number of rotatable bonds is 5. The fourth-order valence-corrected chi connectivity index (χ4v) is 2.43. The van der Waals surface area contributed by atoms with E-state index < -0.39 is 0 Å². The van der Waals surface area contributed by atoms with E-state index in [4.69, 9.17) is 10.6 Å². The quantitative estimate of drug-likeness (QED) is 0.485. The van der Waals surface area contributed by atoms with Gasteiger partial charge in [0.2, 0.25) is 0 Å². The van der Waals surface area contributed by atoms with Crippen LogP contribution in [-0.4, -0.2) is 7.11 Å². The predicted octanol–water partition coefficient (Wildman–Crippen LogP) is 3.05. The maximum Gasteiger partial charge on any atom is 0.123 e. The van der Waals surface area contributed by atoms with E-state index in [1.54, 1.807) is 7.11 Å². The number of benzene rings is 2. The first-order valence-electron chi connectivity index (χ1n) is 6.08. The molecular weight excluding hydrogens is 351 g/mol. The van der Waals surface area contributed by atoms with Gasteiger partial charge in [0.1, 0.15) is 5.75 Å². The summed E-state index contributed by atoms with van der Waals surface area (Å²) in [5.41, 5.74) is 5.19. The summed E-state index contributed by atoms with van der Waals surface area (Å²) >= 11 is 2.30. The second-order valence-corrected chi connectivity index (χ2v) is 5.54. The number of ether oxygens (including phenoxy) is 1. The highest BCUT2D eigenvalue weighted by Crippen LogP contribution is 2.27. The number of para-hydroxylation sites is 1. The van der Waals surface area contributed by atoms with E-state index in [1.165, 1.54) is 9.13 Å². The summed E-state index contributed by atoms with van der Waals surface area (Å²) in [4.78, 5) is 0. The Hall–Kier alpha value is -1.11. The largest absolute Gasteiger partial charge is 0.496 e. The smallest absolute Gasteiger partial charge is 0.123 e. The normalized spacial score (nSPS) is 12.2. The first kappa shape index (κ1) is 14.3. The molecule has 2 rings (SSSR count). The van der Waals surface area contributed by atoms with Gasteiger partial charge in [0.05, 0.1) is 13.2 Å². The van der Waals surface area contributed by atoms with Crippen LogP contribution < -0.4 is 16.0 Å². The van der Waals surface area contributed by atoms with Crippen LogP contribution >= 0.6 is 22.6 Å². The molecule has 2 aromatic rings. The maximum absolute atomic E-state index is 5.70. The molecule has 1 atom stereocenters. The van der Waals surface area contributed by atoms with Crippen LogP contribution in [0.3, 0.4) is 0 Å². The van der Waals surface area contributed by atoms with Gasteiger partial charge in [-0.3, -0.25) is 11.3 Å². The molecule has 0 fully saturated rings. The van der Waals surface area contributed by atoms with E-state index in [2.05, 4.69) is 52.3 Å². The lowest BCUT2D eigenvalue weighted by Crippen LogP contribution is -2.29. The van der Waals surface area contributed by atoms with E-state index in [0.29, 0.717) is 0 Å². The molecule has 0 aliphatic rings. The van der Waals surface area contributed by atoms with Crippen LogP contribution in [-0.2, 0) is 6.42 Å². The van der Waals surface area contributed by atoms with Crippen molar-refractivity contribution >= 4 is 22.6 Å². The van der Waals surface area contributed by atoms with E-state index in [9.17, 15) is 0 Å². The topological polar surface area (TPSA) is 47.3 Å². The second-order valence-electron chi connectivity index (χ2n) is 4.29. The number of nitrogens with one attached hydrogen (secondary N) is 1. The molecule has 1 unspecified atom stereocenters. The van der Waals surface area contributed by atoms with Crippen molar-refractivity contribution in [3.63, 3.8) is 0 Å². The molecule has 0 saturated carbocycles. The van der Waals surface area contributed by atoms with Crippen molar-refractivity contribution in [2.24, 2.45) is 5.84 Å². The molecule has 0 spiro atoms. The molecule has 4 heteroatoms. The highest BCUT2D eigenvalue weighted by atomic mass is 127. The van der Waals surface area contributed by atoms with Gasteiger partial charge in [0, 0.05) is 9.13 Å². The number of hydrazine groups is 1. The Morgan fingerprint density at radius 1 is 1.16 bits per heavy atom. The van der Waals surface area contributed by atoms with Crippen LogP contribution in [0.25, 0.3) is 0 Å². The van der Waals surface area contributed by atoms with E-state index in [0.717, 1.165) is 17.7 Å². The Labute approximate surface area is 127 Å². The van der Waals surface area contributed by atoms with Crippen molar-refractivity contribution in [3.05, 3.63) is 63.2 Å². The average Bonchev–Trinajstić information content (AvgIpc) is 2.46. The minimum Gasteiger partial charge on any atom is -0.496 e. The summed E-state index contributed by atoms with van der Waals surface area (Å²) in [6.45, 7) is 0. The summed E-state index contributed by atoms with van der Waals surface area (Å²) in [7, 11) is 1.68. The lowest BCUT2D eigenvalue weighted by atomic mass is 9.98. The van der Waals surface area contributed by atoms with Crippen molar-refractivity contribution in [2.75, 3.05) is 7.11 Å². The van der Waals surface area contributed by atoms with Crippen molar-refractivity contribution < 1.29 is 4.74 Å². The molecule has 0 radical (unpaired) electrons. The van der Waals surface area contributed by atoms with Crippen LogP contribution in [0.4, 0.5) is 0 Å². The Bertz CT molecular complexity index is 528. The van der Waals surface area contributed by atoms with Crippen molar-refractivity contribution in [1.82, 2.24) is 5.43 Å². The molecule has 0 aliphatic heterocycles. The highest BCUT2D eigenvalue weighted by molar-refractivity contribution is 14.1. The maximum atomic E-state index is 5.70. The summed E-state index contributed by atoms with van der Waals surface area (Å²) in [6, 6.07) is 16.4. The van der Waals surface area contributed by atoms with E-state index >= 15 is 0 Å². The summed E-state index contributed by atoms with van der Waals surface area (Å²) < 4.78 is 6.62. The van der Waals surface area contributed by atoms with Crippen molar-refractivity contribution in [1.29, 1.82) is 0 Å². The monoisotopic (exact) mass is 368 g/mol. The van der Waals surface area contributed by atoms with Crippen LogP contribution in [0.15, 0.2) is 48.5 Å². The summed E-state index contributed by atoms with van der Waals surface area (Å²) in [5.74, 6) is 6.56. The minimum atomic E-state index is 0.0382. The molecule has 0 bridgehead atoms. The predicted molar refractivity (Wildman–Crippen MR) is 85.9 cm³/mol. The van der Waals surface area contributed by atoms with Crippen molar-refractivity contribution in [3.8, 4) is 5.75 Å². The van der Waals surface area contributed by atoms with Gasteiger partial charge in [-0.25, -0.2) is 0 Å². The molecule has 0 amide bonds. The highest BCUT2D eigenvalue weighted by Gasteiger charge is 2.14. The van der Waals surface area contributed by atoms with Crippen LogP contribution in [0, 0.1) is 3.57 Å². The van der Waals surface area contributed by atoms with Gasteiger partial charge >= 0.3 is 0 Å². The Kier molecular flexibility index (Phi) is 5.18. The molecule has 2 aromatic carbocycles. The number of nitrogens with two attached hydrogens (primary N) is 1. The Balaban J connectivity index is 2.22.